The summed E-state index contributed by atoms with van der Waals surface area (Å²) >= 11 is 0. The molecular weight excluding hydrogens is 344 g/mol. The molecule has 2 aromatic carbocycles. The van der Waals surface area contributed by atoms with Crippen LogP contribution in [0.2, 0.25) is 0 Å². The van der Waals surface area contributed by atoms with E-state index in [9.17, 15) is 25.2 Å². The van der Waals surface area contributed by atoms with Crippen LogP contribution in [0.3, 0.4) is 0 Å². The third kappa shape index (κ3) is 2.74. The molecule has 0 spiro atoms. The molecule has 1 aliphatic rings. The van der Waals surface area contributed by atoms with Crippen LogP contribution in [0.1, 0.15) is 15.9 Å². The van der Waals surface area contributed by atoms with Crippen LogP contribution in [-0.2, 0) is 6.42 Å². The number of carbonyl (C=O) groups excluding carboxylic acids is 1. The summed E-state index contributed by atoms with van der Waals surface area (Å²) in [5, 5.41) is 40.7. The Bertz CT molecular complexity index is 876. The van der Waals surface area contributed by atoms with Crippen LogP contribution in [-0.4, -0.2) is 52.6 Å². The van der Waals surface area contributed by atoms with E-state index in [4.69, 9.17) is 14.2 Å². The number of hydrogen-bond acceptors (Lipinski definition) is 8. The molecule has 1 aliphatic heterocycles. The van der Waals surface area contributed by atoms with Gasteiger partial charge in [-0.2, -0.15) is 0 Å². The van der Waals surface area contributed by atoms with E-state index in [0.717, 1.165) is 0 Å². The summed E-state index contributed by atoms with van der Waals surface area (Å²) in [6.07, 6.45) is -0.172. The molecule has 8 nitrogen and oxygen atoms in total. The molecule has 0 unspecified atom stereocenters. The average Bonchev–Trinajstić information content (AvgIpc) is 2.61. The summed E-state index contributed by atoms with van der Waals surface area (Å²) < 4.78 is 15.3. The van der Waals surface area contributed by atoms with Crippen molar-refractivity contribution in [3.63, 3.8) is 0 Å². The van der Waals surface area contributed by atoms with Crippen LogP contribution in [0.4, 0.5) is 0 Å². The van der Waals surface area contributed by atoms with Gasteiger partial charge in [0, 0.05) is 12.5 Å². The Morgan fingerprint density at radius 3 is 2.38 bits per heavy atom. The molecule has 0 saturated heterocycles. The van der Waals surface area contributed by atoms with Crippen molar-refractivity contribution < 1.29 is 39.4 Å². The third-order valence-corrected chi connectivity index (χ3v) is 4.28. The maximum Gasteiger partial charge on any atom is 0.205 e. The number of Topliss-reactive ketones (excluding diaryl/α,β-unsaturated/α-hetero) is 1. The van der Waals surface area contributed by atoms with Gasteiger partial charge in [0.05, 0.1) is 14.2 Å². The molecule has 0 saturated carbocycles. The van der Waals surface area contributed by atoms with Gasteiger partial charge in [-0.3, -0.25) is 4.79 Å². The maximum absolute atomic E-state index is 12.8. The fourth-order valence-corrected chi connectivity index (χ4v) is 2.91. The van der Waals surface area contributed by atoms with Crippen LogP contribution in [0, 0.1) is 0 Å². The zero-order chi connectivity index (χ0) is 19.1. The maximum atomic E-state index is 12.8. The number of hydrogen-bond donors (Lipinski definition) is 4. The number of ether oxygens (including phenoxy) is 3. The number of fused-ring (bicyclic) bond motifs is 1. The van der Waals surface area contributed by atoms with Gasteiger partial charge in [0.1, 0.15) is 17.9 Å². The molecule has 0 bridgehead atoms. The van der Waals surface area contributed by atoms with E-state index in [0.29, 0.717) is 5.56 Å². The second kappa shape index (κ2) is 6.30. The first kappa shape index (κ1) is 17.7. The van der Waals surface area contributed by atoms with Gasteiger partial charge in [0.15, 0.2) is 28.6 Å². The summed E-state index contributed by atoms with van der Waals surface area (Å²) in [5.41, 5.74) is -1.84. The van der Waals surface area contributed by atoms with E-state index in [1.54, 1.807) is 6.07 Å². The van der Waals surface area contributed by atoms with Gasteiger partial charge in [-0.05, 0) is 17.7 Å². The molecule has 26 heavy (non-hydrogen) atoms. The van der Waals surface area contributed by atoms with E-state index >= 15 is 0 Å². The van der Waals surface area contributed by atoms with E-state index in [1.165, 1.54) is 32.4 Å². The van der Waals surface area contributed by atoms with Crippen molar-refractivity contribution in [2.24, 2.45) is 0 Å². The Morgan fingerprint density at radius 1 is 1.08 bits per heavy atom. The molecule has 1 atom stereocenters. The standard InChI is InChI=1S/C18H18O8/c1-24-11-4-3-9(5-10(11)19)7-18(23)8-26-12-6-13(25-2)15(20)16(21)14(12)17(18)22/h3-6,19-21,23H,7-8H2,1-2H3/t18-/m1/s1. The molecular formula is C18H18O8. The van der Waals surface area contributed by atoms with Gasteiger partial charge in [-0.25, -0.2) is 0 Å². The molecule has 8 heteroatoms. The summed E-state index contributed by atoms with van der Waals surface area (Å²) in [6.45, 7) is -0.362. The Balaban J connectivity index is 1.97. The Hall–Kier alpha value is -3.13. The summed E-state index contributed by atoms with van der Waals surface area (Å²) in [6, 6.07) is 5.72. The molecule has 0 aromatic heterocycles. The van der Waals surface area contributed by atoms with E-state index in [2.05, 4.69) is 0 Å². The molecule has 138 valence electrons. The number of benzene rings is 2. The minimum absolute atomic E-state index is 0.00408. The SMILES string of the molecule is COc1ccc(C[C@@]2(O)COc3cc(OC)c(O)c(O)c3C2=O)cc1O. The highest BCUT2D eigenvalue weighted by Gasteiger charge is 2.45. The monoisotopic (exact) mass is 362 g/mol. The number of methoxy groups -OCH3 is 2. The van der Waals surface area contributed by atoms with E-state index < -0.39 is 22.9 Å². The molecule has 3 rings (SSSR count). The first-order valence-corrected chi connectivity index (χ1v) is 7.69. The Kier molecular flexibility index (Phi) is 4.29. The number of carbonyl (C=O) groups is 1. The molecule has 0 amide bonds. The third-order valence-electron chi connectivity index (χ3n) is 4.28. The van der Waals surface area contributed by atoms with Crippen molar-refractivity contribution in [1.29, 1.82) is 0 Å². The number of ketones is 1. The number of phenols is 3. The van der Waals surface area contributed by atoms with Crippen LogP contribution >= 0.6 is 0 Å². The van der Waals surface area contributed by atoms with Crippen LogP contribution in [0.25, 0.3) is 0 Å². The molecule has 0 fully saturated rings. The second-order valence-corrected chi connectivity index (χ2v) is 5.98. The fraction of sp³-hybridized carbons (Fsp3) is 0.278. The topological polar surface area (TPSA) is 126 Å². The summed E-state index contributed by atoms with van der Waals surface area (Å²) in [4.78, 5) is 12.8. The van der Waals surface area contributed by atoms with Gasteiger partial charge in [-0.15, -0.1) is 0 Å². The average molecular weight is 362 g/mol. The van der Waals surface area contributed by atoms with Crippen molar-refractivity contribution in [2.45, 2.75) is 12.0 Å². The van der Waals surface area contributed by atoms with Gasteiger partial charge < -0.3 is 34.6 Å². The number of phenolic OH excluding ortho intramolecular Hbond substituents is 3. The minimum Gasteiger partial charge on any atom is -0.504 e. The summed E-state index contributed by atoms with van der Waals surface area (Å²) in [7, 11) is 2.69. The number of aromatic hydroxyl groups is 3. The summed E-state index contributed by atoms with van der Waals surface area (Å²) in [5.74, 6) is -2.07. The van der Waals surface area contributed by atoms with Crippen molar-refractivity contribution in [3.05, 3.63) is 35.4 Å². The fourth-order valence-electron chi connectivity index (χ4n) is 2.91. The lowest BCUT2D eigenvalue weighted by Gasteiger charge is -2.32. The predicted octanol–water partition coefficient (Wildman–Crippen LogP) is 1.37. The van der Waals surface area contributed by atoms with Crippen molar-refractivity contribution in [2.75, 3.05) is 20.8 Å². The Morgan fingerprint density at radius 2 is 1.77 bits per heavy atom. The molecule has 4 N–H and O–H groups in total. The second-order valence-electron chi connectivity index (χ2n) is 5.98. The highest BCUT2D eigenvalue weighted by molar-refractivity contribution is 6.08. The van der Waals surface area contributed by atoms with Crippen molar-refractivity contribution in [3.8, 4) is 34.5 Å². The number of aliphatic hydroxyl groups is 1. The first-order chi connectivity index (χ1) is 12.3. The normalized spacial score (nSPS) is 18.8. The highest BCUT2D eigenvalue weighted by atomic mass is 16.5. The number of rotatable bonds is 4. The lowest BCUT2D eigenvalue weighted by Crippen LogP contribution is -2.49. The van der Waals surface area contributed by atoms with Crippen molar-refractivity contribution >= 4 is 5.78 Å². The zero-order valence-electron chi connectivity index (χ0n) is 14.1. The highest BCUT2D eigenvalue weighted by Crippen LogP contribution is 2.47. The first-order valence-electron chi connectivity index (χ1n) is 7.69. The Labute approximate surface area is 148 Å². The van der Waals surface area contributed by atoms with E-state index in [-0.39, 0.29) is 41.6 Å². The van der Waals surface area contributed by atoms with Gasteiger partial charge >= 0.3 is 0 Å². The molecule has 2 aromatic rings. The zero-order valence-corrected chi connectivity index (χ0v) is 14.1. The quantitative estimate of drug-likeness (QED) is 0.601. The van der Waals surface area contributed by atoms with Gasteiger partial charge in [-0.1, -0.05) is 6.07 Å². The minimum atomic E-state index is -1.98. The van der Waals surface area contributed by atoms with Gasteiger partial charge in [0.25, 0.3) is 0 Å². The predicted molar refractivity (Wildman–Crippen MR) is 89.5 cm³/mol. The lowest BCUT2D eigenvalue weighted by molar-refractivity contribution is -0.00252. The molecule has 0 radical (unpaired) electrons. The van der Waals surface area contributed by atoms with Crippen molar-refractivity contribution in [1.82, 2.24) is 0 Å². The molecule has 0 aliphatic carbocycles. The molecule has 1 heterocycles. The largest absolute Gasteiger partial charge is 0.504 e. The van der Waals surface area contributed by atoms with Crippen LogP contribution in [0.15, 0.2) is 24.3 Å². The van der Waals surface area contributed by atoms with Gasteiger partial charge in [0.2, 0.25) is 11.5 Å². The van der Waals surface area contributed by atoms with E-state index in [1.807, 2.05) is 0 Å². The smallest absolute Gasteiger partial charge is 0.205 e. The van der Waals surface area contributed by atoms with Crippen LogP contribution in [0.5, 0.6) is 34.5 Å². The van der Waals surface area contributed by atoms with Crippen LogP contribution < -0.4 is 14.2 Å². The lowest BCUT2D eigenvalue weighted by atomic mass is 9.84.